The summed E-state index contributed by atoms with van der Waals surface area (Å²) in [4.78, 5) is 0.249. The summed E-state index contributed by atoms with van der Waals surface area (Å²) >= 11 is 3.83. The number of rotatable bonds is 5. The molecule has 1 nitrogen and oxygen atoms in total. The van der Waals surface area contributed by atoms with E-state index >= 15 is 0 Å². The van der Waals surface area contributed by atoms with Crippen molar-refractivity contribution in [3.05, 3.63) is 70.3 Å². The zero-order valence-corrected chi connectivity index (χ0v) is 13.9. The van der Waals surface area contributed by atoms with Gasteiger partial charge in [0, 0.05) is 7.11 Å². The van der Waals surface area contributed by atoms with Gasteiger partial charge >= 0.3 is 0 Å². The molecule has 0 amide bonds. The molecule has 0 fully saturated rings. The Kier molecular flexibility index (Phi) is 5.38. The molecule has 2 heteroatoms. The molecule has 2 aromatic rings. The van der Waals surface area contributed by atoms with Gasteiger partial charge in [-0.15, -0.1) is 0 Å². The number of benzene rings is 2. The maximum Gasteiger partial charge on any atom is 0.0647 e. The Morgan fingerprint density at radius 1 is 1.05 bits per heavy atom. The SMILES string of the molecule is COCCc1ccc(C(Br)c2cc(C)ccc2C)cc1. The summed E-state index contributed by atoms with van der Waals surface area (Å²) in [6, 6.07) is 15.4. The number of alkyl halides is 1. The zero-order valence-electron chi connectivity index (χ0n) is 12.3. The fourth-order valence-electron chi connectivity index (χ4n) is 2.29. The van der Waals surface area contributed by atoms with Crippen LogP contribution in [0.3, 0.4) is 0 Å². The summed E-state index contributed by atoms with van der Waals surface area (Å²) in [5.74, 6) is 0. The minimum atomic E-state index is 0.249. The largest absolute Gasteiger partial charge is 0.384 e. The molecular formula is C18H21BrO. The van der Waals surface area contributed by atoms with Crippen molar-refractivity contribution in [2.45, 2.75) is 25.1 Å². The number of hydrogen-bond donors (Lipinski definition) is 0. The number of hydrogen-bond acceptors (Lipinski definition) is 1. The number of methoxy groups -OCH3 is 1. The van der Waals surface area contributed by atoms with Gasteiger partial charge in [0.05, 0.1) is 11.4 Å². The molecule has 0 radical (unpaired) electrons. The van der Waals surface area contributed by atoms with Crippen molar-refractivity contribution in [2.24, 2.45) is 0 Å². The maximum absolute atomic E-state index is 5.11. The van der Waals surface area contributed by atoms with Gasteiger partial charge in [0.25, 0.3) is 0 Å². The molecule has 0 aliphatic heterocycles. The molecule has 0 bridgehead atoms. The average molecular weight is 333 g/mol. The third-order valence-corrected chi connectivity index (χ3v) is 4.60. The first-order valence-electron chi connectivity index (χ1n) is 6.91. The Morgan fingerprint density at radius 2 is 1.75 bits per heavy atom. The predicted octanol–water partition coefficient (Wildman–Crippen LogP) is 4.98. The quantitative estimate of drug-likeness (QED) is 0.702. The predicted molar refractivity (Wildman–Crippen MR) is 88.7 cm³/mol. The molecule has 1 atom stereocenters. The molecule has 0 spiro atoms. The molecule has 0 saturated heterocycles. The molecule has 1 unspecified atom stereocenters. The second-order valence-electron chi connectivity index (χ2n) is 5.21. The summed E-state index contributed by atoms with van der Waals surface area (Å²) in [5, 5.41) is 0. The molecule has 20 heavy (non-hydrogen) atoms. The highest BCUT2D eigenvalue weighted by molar-refractivity contribution is 9.09. The third-order valence-electron chi connectivity index (χ3n) is 3.58. The van der Waals surface area contributed by atoms with Gasteiger partial charge in [-0.25, -0.2) is 0 Å². The van der Waals surface area contributed by atoms with Gasteiger partial charge in [-0.05, 0) is 42.5 Å². The van der Waals surface area contributed by atoms with Crippen LogP contribution in [0.25, 0.3) is 0 Å². The van der Waals surface area contributed by atoms with Crippen molar-refractivity contribution >= 4 is 15.9 Å². The third kappa shape index (κ3) is 3.71. The minimum Gasteiger partial charge on any atom is -0.384 e. The fraction of sp³-hybridized carbons (Fsp3) is 0.333. The smallest absolute Gasteiger partial charge is 0.0647 e. The molecular weight excluding hydrogens is 312 g/mol. The molecule has 0 N–H and O–H groups in total. The molecule has 2 aromatic carbocycles. The Hall–Kier alpha value is -1.12. The Balaban J connectivity index is 2.20. The lowest BCUT2D eigenvalue weighted by Gasteiger charge is -2.15. The van der Waals surface area contributed by atoms with Crippen LogP contribution in [0.15, 0.2) is 42.5 Å². The van der Waals surface area contributed by atoms with E-state index in [-0.39, 0.29) is 4.83 Å². The van der Waals surface area contributed by atoms with Crippen LogP contribution < -0.4 is 0 Å². The number of halogens is 1. The fourth-order valence-corrected chi connectivity index (χ4v) is 3.08. The van der Waals surface area contributed by atoms with Crippen LogP contribution in [0.2, 0.25) is 0 Å². The van der Waals surface area contributed by atoms with E-state index in [1.54, 1.807) is 7.11 Å². The molecule has 0 aliphatic carbocycles. The van der Waals surface area contributed by atoms with Crippen molar-refractivity contribution in [2.75, 3.05) is 13.7 Å². The topological polar surface area (TPSA) is 9.23 Å². The van der Waals surface area contributed by atoms with Crippen LogP contribution in [0.1, 0.15) is 32.6 Å². The molecule has 0 aliphatic rings. The Labute approximate surface area is 130 Å². The first kappa shape index (κ1) is 15.3. The van der Waals surface area contributed by atoms with E-state index in [2.05, 4.69) is 72.2 Å². The van der Waals surface area contributed by atoms with Crippen LogP contribution >= 0.6 is 15.9 Å². The van der Waals surface area contributed by atoms with Crippen LogP contribution in [-0.2, 0) is 11.2 Å². The Bertz CT molecular complexity index is 560. The second-order valence-corrected chi connectivity index (χ2v) is 6.12. The summed E-state index contributed by atoms with van der Waals surface area (Å²) in [7, 11) is 1.74. The average Bonchev–Trinajstić information content (AvgIpc) is 2.47. The van der Waals surface area contributed by atoms with Crippen molar-refractivity contribution < 1.29 is 4.74 Å². The van der Waals surface area contributed by atoms with Crippen molar-refractivity contribution in [1.29, 1.82) is 0 Å². The monoisotopic (exact) mass is 332 g/mol. The lowest BCUT2D eigenvalue weighted by atomic mass is 9.97. The van der Waals surface area contributed by atoms with Crippen LogP contribution in [-0.4, -0.2) is 13.7 Å². The first-order chi connectivity index (χ1) is 9.61. The van der Waals surface area contributed by atoms with E-state index in [1.807, 2.05) is 0 Å². The van der Waals surface area contributed by atoms with Gasteiger partial charge < -0.3 is 4.74 Å². The highest BCUT2D eigenvalue weighted by Gasteiger charge is 2.12. The first-order valence-corrected chi connectivity index (χ1v) is 7.82. The zero-order chi connectivity index (χ0) is 14.5. The summed E-state index contributed by atoms with van der Waals surface area (Å²) < 4.78 is 5.11. The van der Waals surface area contributed by atoms with Crippen molar-refractivity contribution in [3.63, 3.8) is 0 Å². The molecule has 0 aromatic heterocycles. The van der Waals surface area contributed by atoms with Crippen LogP contribution in [0.5, 0.6) is 0 Å². The van der Waals surface area contributed by atoms with Gasteiger partial charge in [-0.3, -0.25) is 0 Å². The van der Waals surface area contributed by atoms with E-state index in [4.69, 9.17) is 4.74 Å². The van der Waals surface area contributed by atoms with Gasteiger partial charge in [0.2, 0.25) is 0 Å². The van der Waals surface area contributed by atoms with Crippen LogP contribution in [0.4, 0.5) is 0 Å². The van der Waals surface area contributed by atoms with E-state index in [9.17, 15) is 0 Å². The lowest BCUT2D eigenvalue weighted by Crippen LogP contribution is -1.98. The molecule has 106 valence electrons. The van der Waals surface area contributed by atoms with Gasteiger partial charge in [-0.2, -0.15) is 0 Å². The summed E-state index contributed by atoms with van der Waals surface area (Å²) in [6.45, 7) is 5.07. The standard InChI is InChI=1S/C18H21BrO/c1-13-4-5-14(2)17(12-13)18(19)16-8-6-15(7-9-16)10-11-20-3/h4-9,12,18H,10-11H2,1-3H3. The van der Waals surface area contributed by atoms with Crippen LogP contribution in [0, 0.1) is 13.8 Å². The van der Waals surface area contributed by atoms with E-state index in [0.717, 1.165) is 13.0 Å². The van der Waals surface area contributed by atoms with Gasteiger partial charge in [0.15, 0.2) is 0 Å². The number of ether oxygens (including phenoxy) is 1. The van der Waals surface area contributed by atoms with Crippen molar-refractivity contribution in [1.82, 2.24) is 0 Å². The molecule has 0 heterocycles. The highest BCUT2D eigenvalue weighted by atomic mass is 79.9. The van der Waals surface area contributed by atoms with E-state index in [0.29, 0.717) is 0 Å². The van der Waals surface area contributed by atoms with E-state index in [1.165, 1.54) is 27.8 Å². The molecule has 2 rings (SSSR count). The lowest BCUT2D eigenvalue weighted by molar-refractivity contribution is 0.202. The highest BCUT2D eigenvalue weighted by Crippen LogP contribution is 2.33. The second kappa shape index (κ2) is 7.05. The van der Waals surface area contributed by atoms with Gasteiger partial charge in [-0.1, -0.05) is 64.0 Å². The summed E-state index contributed by atoms with van der Waals surface area (Å²) in [6.07, 6.45) is 0.965. The Morgan fingerprint density at radius 3 is 2.40 bits per heavy atom. The maximum atomic E-state index is 5.11. The summed E-state index contributed by atoms with van der Waals surface area (Å²) in [5.41, 5.74) is 6.57. The molecule has 0 saturated carbocycles. The van der Waals surface area contributed by atoms with E-state index < -0.39 is 0 Å². The normalized spacial score (nSPS) is 12.4. The van der Waals surface area contributed by atoms with Crippen molar-refractivity contribution in [3.8, 4) is 0 Å². The number of aryl methyl sites for hydroxylation is 2. The van der Waals surface area contributed by atoms with Gasteiger partial charge in [0.1, 0.15) is 0 Å². The minimum absolute atomic E-state index is 0.249.